The number of carbonyl (C=O) groups is 3. The van der Waals surface area contributed by atoms with Gasteiger partial charge in [-0.15, -0.1) is 5.10 Å². The number of aromatic nitrogens is 4. The number of pyridine rings is 1. The number of hydrogen-bond acceptors (Lipinski definition) is 6. The van der Waals surface area contributed by atoms with Crippen molar-refractivity contribution in [2.45, 2.75) is 6.18 Å². The molecule has 2 aromatic heterocycles. The molecule has 4 rings (SSSR count). The van der Waals surface area contributed by atoms with Gasteiger partial charge in [-0.05, 0) is 24.3 Å². The van der Waals surface area contributed by atoms with Crippen molar-refractivity contribution in [2.75, 3.05) is 20.1 Å². The van der Waals surface area contributed by atoms with E-state index in [1.807, 2.05) is 0 Å². The third-order valence-electron chi connectivity index (χ3n) is 4.91. The van der Waals surface area contributed by atoms with E-state index < -0.39 is 29.5 Å². The summed E-state index contributed by atoms with van der Waals surface area (Å²) >= 11 is 0. The highest BCUT2D eigenvalue weighted by Gasteiger charge is 2.35. The highest BCUT2D eigenvalue weighted by molar-refractivity contribution is 6.21. The van der Waals surface area contributed by atoms with Crippen molar-refractivity contribution in [1.82, 2.24) is 29.8 Å². The number of halogens is 3. The number of imide groups is 1. The number of rotatable bonds is 5. The summed E-state index contributed by atoms with van der Waals surface area (Å²) in [7, 11) is 1.47. The summed E-state index contributed by atoms with van der Waals surface area (Å²) in [5.74, 6) is -1.34. The Hall–Kier alpha value is -4.09. The molecule has 0 radical (unpaired) electrons. The van der Waals surface area contributed by atoms with E-state index >= 15 is 0 Å². The van der Waals surface area contributed by atoms with E-state index in [0.717, 1.165) is 21.7 Å². The van der Waals surface area contributed by atoms with E-state index in [4.69, 9.17) is 0 Å². The normalized spacial score (nSPS) is 13.4. The molecule has 0 fully saturated rings. The Morgan fingerprint density at radius 2 is 1.72 bits per heavy atom. The van der Waals surface area contributed by atoms with Crippen LogP contribution >= 0.6 is 0 Å². The van der Waals surface area contributed by atoms with Crippen molar-refractivity contribution in [3.63, 3.8) is 0 Å². The van der Waals surface area contributed by atoms with Crippen LogP contribution in [0, 0.1) is 0 Å². The fourth-order valence-corrected chi connectivity index (χ4v) is 3.15. The lowest BCUT2D eigenvalue weighted by Crippen LogP contribution is -2.39. The largest absolute Gasteiger partial charge is 0.417 e. The van der Waals surface area contributed by atoms with Gasteiger partial charge in [-0.1, -0.05) is 17.3 Å². The highest BCUT2D eigenvalue weighted by Crippen LogP contribution is 2.28. The van der Waals surface area contributed by atoms with Crippen molar-refractivity contribution < 1.29 is 27.6 Å². The number of alkyl halides is 3. The number of carbonyl (C=O) groups excluding carboxylic acids is 3. The molecule has 12 heteroatoms. The molecule has 0 saturated heterocycles. The van der Waals surface area contributed by atoms with E-state index in [1.54, 1.807) is 24.3 Å². The molecule has 0 saturated carbocycles. The number of hydrogen-bond donors (Lipinski definition) is 0. The van der Waals surface area contributed by atoms with Gasteiger partial charge in [0.15, 0.2) is 11.5 Å². The topological polar surface area (TPSA) is 101 Å². The number of fused-ring (bicyclic) bond motifs is 1. The molecule has 3 aromatic rings. The second-order valence-electron chi connectivity index (χ2n) is 6.99. The lowest BCUT2D eigenvalue weighted by atomic mass is 10.1. The number of amides is 3. The van der Waals surface area contributed by atoms with Gasteiger partial charge in [0.2, 0.25) is 0 Å². The minimum Gasteiger partial charge on any atom is -0.338 e. The molecule has 32 heavy (non-hydrogen) atoms. The summed E-state index contributed by atoms with van der Waals surface area (Å²) in [5, 5.41) is 7.47. The maximum Gasteiger partial charge on any atom is 0.417 e. The van der Waals surface area contributed by atoms with Crippen molar-refractivity contribution >= 4 is 17.7 Å². The number of likely N-dealkylation sites (N-methyl/N-ethyl adjacent to an activating group) is 1. The summed E-state index contributed by atoms with van der Waals surface area (Å²) < 4.78 is 39.1. The van der Waals surface area contributed by atoms with Gasteiger partial charge in [-0.2, -0.15) is 13.2 Å². The Morgan fingerprint density at radius 3 is 2.28 bits per heavy atom. The first-order chi connectivity index (χ1) is 15.2. The minimum absolute atomic E-state index is 0.0107. The fraction of sp³-hybridized carbons (Fsp3) is 0.200. The maximum absolute atomic E-state index is 12.7. The first kappa shape index (κ1) is 21.2. The zero-order valence-corrected chi connectivity index (χ0v) is 16.6. The fourth-order valence-electron chi connectivity index (χ4n) is 3.15. The molecule has 0 unspecified atom stereocenters. The molecule has 1 aliphatic rings. The SMILES string of the molecule is CN(CCN1C(=O)c2ccccc2C1=O)C(=O)c1cn(-c2ccc(C(F)(F)F)cn2)nn1. The molecule has 0 spiro atoms. The van der Waals surface area contributed by atoms with Crippen LogP contribution in [-0.2, 0) is 6.18 Å². The Bertz CT molecular complexity index is 1170. The highest BCUT2D eigenvalue weighted by atomic mass is 19.4. The summed E-state index contributed by atoms with van der Waals surface area (Å²) in [4.78, 5) is 43.4. The van der Waals surface area contributed by atoms with Gasteiger partial charge in [-0.3, -0.25) is 19.3 Å². The van der Waals surface area contributed by atoms with Crippen molar-refractivity contribution in [3.8, 4) is 5.82 Å². The summed E-state index contributed by atoms with van der Waals surface area (Å²) in [6.45, 7) is 0.0406. The molecule has 3 heterocycles. The first-order valence-electron chi connectivity index (χ1n) is 9.33. The molecule has 1 aromatic carbocycles. The summed E-state index contributed by atoms with van der Waals surface area (Å²) in [6, 6.07) is 8.42. The van der Waals surface area contributed by atoms with Crippen LogP contribution in [0.15, 0.2) is 48.8 Å². The maximum atomic E-state index is 12.7. The third kappa shape index (κ3) is 3.82. The Kier molecular flexibility index (Phi) is 5.20. The molecule has 1 aliphatic heterocycles. The van der Waals surface area contributed by atoms with E-state index in [9.17, 15) is 27.6 Å². The van der Waals surface area contributed by atoms with Crippen LogP contribution in [0.2, 0.25) is 0 Å². The average molecular weight is 444 g/mol. The number of nitrogens with zero attached hydrogens (tertiary/aromatic N) is 6. The molecular formula is C20H15F3N6O3. The van der Waals surface area contributed by atoms with Crippen LogP contribution in [0.4, 0.5) is 13.2 Å². The summed E-state index contributed by atoms with van der Waals surface area (Å²) in [5.41, 5.74) is -0.348. The van der Waals surface area contributed by atoms with Gasteiger partial charge in [-0.25, -0.2) is 9.67 Å². The van der Waals surface area contributed by atoms with Crippen molar-refractivity contribution in [2.24, 2.45) is 0 Å². The zero-order chi connectivity index (χ0) is 23.0. The lowest BCUT2D eigenvalue weighted by molar-refractivity contribution is -0.137. The Labute approximate surface area is 179 Å². The van der Waals surface area contributed by atoms with Gasteiger partial charge in [0.1, 0.15) is 0 Å². The second-order valence-corrected chi connectivity index (χ2v) is 6.99. The van der Waals surface area contributed by atoms with Crippen LogP contribution in [0.25, 0.3) is 5.82 Å². The Morgan fingerprint density at radius 1 is 1.06 bits per heavy atom. The number of benzene rings is 1. The van der Waals surface area contributed by atoms with Gasteiger partial charge < -0.3 is 4.90 Å². The van der Waals surface area contributed by atoms with Crippen LogP contribution in [0.3, 0.4) is 0 Å². The van der Waals surface area contributed by atoms with Crippen molar-refractivity contribution in [1.29, 1.82) is 0 Å². The zero-order valence-electron chi connectivity index (χ0n) is 16.6. The molecule has 164 valence electrons. The first-order valence-corrected chi connectivity index (χ1v) is 9.33. The van der Waals surface area contributed by atoms with Gasteiger partial charge in [0.25, 0.3) is 17.7 Å². The molecule has 0 atom stereocenters. The third-order valence-corrected chi connectivity index (χ3v) is 4.91. The van der Waals surface area contributed by atoms with Crippen LogP contribution in [0.1, 0.15) is 36.8 Å². The molecule has 0 bridgehead atoms. The predicted octanol–water partition coefficient (Wildman–Crippen LogP) is 2.05. The monoisotopic (exact) mass is 444 g/mol. The smallest absolute Gasteiger partial charge is 0.338 e. The van der Waals surface area contributed by atoms with Gasteiger partial charge in [0, 0.05) is 26.3 Å². The molecular weight excluding hydrogens is 429 g/mol. The second kappa shape index (κ2) is 7.87. The predicted molar refractivity (Wildman–Crippen MR) is 103 cm³/mol. The molecule has 9 nitrogen and oxygen atoms in total. The van der Waals surface area contributed by atoms with E-state index in [1.165, 1.54) is 18.1 Å². The minimum atomic E-state index is -4.52. The van der Waals surface area contributed by atoms with E-state index in [-0.39, 0.29) is 24.6 Å². The lowest BCUT2D eigenvalue weighted by Gasteiger charge is -2.20. The Balaban J connectivity index is 1.41. The van der Waals surface area contributed by atoms with Crippen LogP contribution in [-0.4, -0.2) is 67.6 Å². The molecule has 0 aliphatic carbocycles. The van der Waals surface area contributed by atoms with E-state index in [0.29, 0.717) is 17.3 Å². The molecule has 3 amide bonds. The van der Waals surface area contributed by atoms with Crippen LogP contribution < -0.4 is 0 Å². The van der Waals surface area contributed by atoms with Crippen molar-refractivity contribution in [3.05, 3.63) is 71.2 Å². The summed E-state index contributed by atoms with van der Waals surface area (Å²) in [6.07, 6.45) is -2.62. The van der Waals surface area contributed by atoms with Crippen LogP contribution in [0.5, 0.6) is 0 Å². The quantitative estimate of drug-likeness (QED) is 0.559. The van der Waals surface area contributed by atoms with Gasteiger partial charge in [0.05, 0.1) is 22.9 Å². The van der Waals surface area contributed by atoms with Gasteiger partial charge >= 0.3 is 6.18 Å². The van der Waals surface area contributed by atoms with E-state index in [2.05, 4.69) is 15.3 Å². The standard InChI is InChI=1S/C20H15F3N6O3/c1-27(8-9-28-17(30)13-4-2-3-5-14(13)18(28)31)19(32)15-11-29(26-25-15)16-7-6-12(10-24-16)20(21,22)23/h2-7,10-11H,8-9H2,1H3. The average Bonchev–Trinajstić information content (AvgIpc) is 3.36. The molecule has 0 N–H and O–H groups in total.